The summed E-state index contributed by atoms with van der Waals surface area (Å²) >= 11 is 0. The molecule has 0 atom stereocenters. The summed E-state index contributed by atoms with van der Waals surface area (Å²) in [6.07, 6.45) is 5.88. The van der Waals surface area contributed by atoms with Gasteiger partial charge < -0.3 is 15.2 Å². The van der Waals surface area contributed by atoms with Crippen LogP contribution in [0.3, 0.4) is 0 Å². The lowest BCUT2D eigenvalue weighted by molar-refractivity contribution is 0.277. The van der Waals surface area contributed by atoms with Gasteiger partial charge in [-0.15, -0.1) is 0 Å². The zero-order valence-electron chi connectivity index (χ0n) is 16.4. The molecule has 0 unspecified atom stereocenters. The van der Waals surface area contributed by atoms with Crippen LogP contribution in [0.2, 0.25) is 0 Å². The highest BCUT2D eigenvalue weighted by molar-refractivity contribution is 5.79. The molecule has 5 rings (SSSR count). The Labute approximate surface area is 172 Å². The molecular weight excluding hydrogens is 385 g/mol. The van der Waals surface area contributed by atoms with E-state index in [-0.39, 0.29) is 19.0 Å². The fraction of sp³-hybridized carbons (Fsp3) is 0.227. The standard InChI is InChI=1S/C22H20FN5O2/c1-13-15(3-2-7-24-13)18-10-26-22(28-11-14(12-29)27-21(18)28)25-9-17-16-6-8-30-20(16)5-4-19(17)23/h2-5,7,10-11,29H,6,8-9,12H2,1H3,(H,25,26). The van der Waals surface area contributed by atoms with Crippen LogP contribution in [0.4, 0.5) is 10.3 Å². The number of benzene rings is 1. The fourth-order valence-corrected chi connectivity index (χ4v) is 3.87. The minimum Gasteiger partial charge on any atom is -0.493 e. The van der Waals surface area contributed by atoms with Crippen LogP contribution in [0.15, 0.2) is 42.9 Å². The lowest BCUT2D eigenvalue weighted by Crippen LogP contribution is -2.10. The van der Waals surface area contributed by atoms with Gasteiger partial charge in [0.1, 0.15) is 17.2 Å². The molecule has 0 bridgehead atoms. The lowest BCUT2D eigenvalue weighted by Gasteiger charge is -2.13. The number of aliphatic hydroxyl groups is 1. The van der Waals surface area contributed by atoms with E-state index in [1.54, 1.807) is 29.1 Å². The van der Waals surface area contributed by atoms with E-state index in [1.807, 2.05) is 19.1 Å². The first-order valence-electron chi connectivity index (χ1n) is 9.72. The predicted octanol–water partition coefficient (Wildman–Crippen LogP) is 3.28. The van der Waals surface area contributed by atoms with Gasteiger partial charge in [-0.25, -0.2) is 14.4 Å². The Hall–Kier alpha value is -3.52. The summed E-state index contributed by atoms with van der Waals surface area (Å²) in [4.78, 5) is 13.5. The zero-order valence-corrected chi connectivity index (χ0v) is 16.4. The van der Waals surface area contributed by atoms with Gasteiger partial charge in [-0.05, 0) is 25.1 Å². The highest BCUT2D eigenvalue weighted by atomic mass is 19.1. The molecule has 0 saturated heterocycles. The maximum absolute atomic E-state index is 14.5. The van der Waals surface area contributed by atoms with Crippen molar-refractivity contribution < 1.29 is 14.2 Å². The van der Waals surface area contributed by atoms with Gasteiger partial charge in [0.05, 0.1) is 18.9 Å². The Bertz CT molecular complexity index is 1250. The number of imidazole rings is 1. The van der Waals surface area contributed by atoms with Gasteiger partial charge >= 0.3 is 0 Å². The molecule has 1 aliphatic rings. The molecule has 1 aromatic carbocycles. The molecule has 2 N–H and O–H groups in total. The Kier molecular flexibility index (Phi) is 4.55. The number of halogens is 1. The van der Waals surface area contributed by atoms with E-state index in [9.17, 15) is 9.50 Å². The summed E-state index contributed by atoms with van der Waals surface area (Å²) < 4.78 is 21.8. The van der Waals surface area contributed by atoms with E-state index < -0.39 is 0 Å². The van der Waals surface area contributed by atoms with E-state index in [0.717, 1.165) is 28.1 Å². The molecule has 3 aromatic heterocycles. The lowest BCUT2D eigenvalue weighted by atomic mass is 10.0. The monoisotopic (exact) mass is 405 g/mol. The summed E-state index contributed by atoms with van der Waals surface area (Å²) in [7, 11) is 0. The van der Waals surface area contributed by atoms with E-state index in [1.165, 1.54) is 6.07 Å². The van der Waals surface area contributed by atoms with Crippen LogP contribution in [-0.2, 0) is 19.6 Å². The average molecular weight is 405 g/mol. The van der Waals surface area contributed by atoms with E-state index >= 15 is 0 Å². The molecule has 0 amide bonds. The highest BCUT2D eigenvalue weighted by Crippen LogP contribution is 2.31. The fourth-order valence-electron chi connectivity index (χ4n) is 3.87. The van der Waals surface area contributed by atoms with E-state index in [4.69, 9.17) is 4.74 Å². The van der Waals surface area contributed by atoms with Crippen LogP contribution in [-0.4, -0.2) is 31.1 Å². The molecule has 1 aliphatic heterocycles. The summed E-state index contributed by atoms with van der Waals surface area (Å²) in [6.45, 7) is 2.56. The van der Waals surface area contributed by atoms with Crippen molar-refractivity contribution in [2.45, 2.75) is 26.5 Å². The van der Waals surface area contributed by atoms with Crippen LogP contribution in [0.5, 0.6) is 5.75 Å². The SMILES string of the molecule is Cc1ncccc1-c1cnc(NCc2c(F)ccc3c2CCO3)n2cc(CO)nc12. The normalized spacial score (nSPS) is 12.8. The number of aliphatic hydroxyl groups excluding tert-OH is 1. The summed E-state index contributed by atoms with van der Waals surface area (Å²) in [5.74, 6) is 0.976. The van der Waals surface area contributed by atoms with Crippen LogP contribution in [0.25, 0.3) is 16.8 Å². The molecule has 7 nitrogen and oxygen atoms in total. The van der Waals surface area contributed by atoms with Gasteiger partial charge in [-0.3, -0.25) is 9.38 Å². The molecule has 0 radical (unpaired) electrons. The van der Waals surface area contributed by atoms with Crippen LogP contribution in [0, 0.1) is 12.7 Å². The largest absolute Gasteiger partial charge is 0.493 e. The third kappa shape index (κ3) is 3.05. The summed E-state index contributed by atoms with van der Waals surface area (Å²) in [6, 6.07) is 6.93. The third-order valence-corrected chi connectivity index (χ3v) is 5.36. The van der Waals surface area contributed by atoms with Crippen molar-refractivity contribution in [1.82, 2.24) is 19.4 Å². The zero-order chi connectivity index (χ0) is 20.7. The molecule has 0 aliphatic carbocycles. The Morgan fingerprint density at radius 1 is 1.23 bits per heavy atom. The quantitative estimate of drug-likeness (QED) is 0.530. The van der Waals surface area contributed by atoms with Gasteiger partial charge in [0.15, 0.2) is 0 Å². The smallest absolute Gasteiger partial charge is 0.208 e. The van der Waals surface area contributed by atoms with Gasteiger partial charge in [0, 0.05) is 59.5 Å². The van der Waals surface area contributed by atoms with Gasteiger partial charge in [0.25, 0.3) is 0 Å². The van der Waals surface area contributed by atoms with Gasteiger partial charge in [-0.2, -0.15) is 0 Å². The van der Waals surface area contributed by atoms with Crippen LogP contribution >= 0.6 is 0 Å². The second-order valence-electron chi connectivity index (χ2n) is 7.17. The maximum Gasteiger partial charge on any atom is 0.208 e. The molecule has 152 valence electrons. The molecule has 0 spiro atoms. The van der Waals surface area contributed by atoms with E-state index in [2.05, 4.69) is 20.3 Å². The molecular formula is C22H20FN5O2. The van der Waals surface area contributed by atoms with Crippen LogP contribution < -0.4 is 10.1 Å². The predicted molar refractivity (Wildman–Crippen MR) is 110 cm³/mol. The van der Waals surface area contributed by atoms with E-state index in [0.29, 0.717) is 35.9 Å². The first-order chi connectivity index (χ1) is 14.7. The molecule has 30 heavy (non-hydrogen) atoms. The number of pyridine rings is 1. The van der Waals surface area contributed by atoms with Crippen molar-refractivity contribution in [3.63, 3.8) is 0 Å². The number of fused-ring (bicyclic) bond motifs is 2. The second kappa shape index (κ2) is 7.38. The van der Waals surface area contributed by atoms with Crippen molar-refractivity contribution in [3.8, 4) is 16.9 Å². The molecule has 4 aromatic rings. The number of aromatic nitrogens is 4. The van der Waals surface area contributed by atoms with Crippen molar-refractivity contribution >= 4 is 11.6 Å². The third-order valence-electron chi connectivity index (χ3n) is 5.36. The number of ether oxygens (including phenoxy) is 1. The highest BCUT2D eigenvalue weighted by Gasteiger charge is 2.20. The topological polar surface area (TPSA) is 84.6 Å². The number of nitrogens with one attached hydrogen (secondary N) is 1. The Balaban J connectivity index is 1.55. The number of aryl methyl sites for hydroxylation is 1. The van der Waals surface area contributed by atoms with Crippen molar-refractivity contribution in [2.75, 3.05) is 11.9 Å². The first kappa shape index (κ1) is 18.5. The summed E-state index contributed by atoms with van der Waals surface area (Å²) in [5.41, 5.74) is 5.23. The second-order valence-corrected chi connectivity index (χ2v) is 7.17. The van der Waals surface area contributed by atoms with Gasteiger partial charge in [-0.1, -0.05) is 6.07 Å². The summed E-state index contributed by atoms with van der Waals surface area (Å²) in [5, 5.41) is 12.8. The molecule has 0 fully saturated rings. The van der Waals surface area contributed by atoms with Crippen molar-refractivity contribution in [1.29, 1.82) is 0 Å². The van der Waals surface area contributed by atoms with Gasteiger partial charge in [0.2, 0.25) is 5.95 Å². The molecule has 8 heteroatoms. The van der Waals surface area contributed by atoms with Crippen molar-refractivity contribution in [2.24, 2.45) is 0 Å². The Morgan fingerprint density at radius 2 is 2.13 bits per heavy atom. The number of anilines is 1. The van der Waals surface area contributed by atoms with Crippen LogP contribution in [0.1, 0.15) is 22.5 Å². The number of rotatable bonds is 5. The average Bonchev–Trinajstić information content (AvgIpc) is 3.40. The first-order valence-corrected chi connectivity index (χ1v) is 9.72. The molecule has 4 heterocycles. The Morgan fingerprint density at radius 3 is 2.97 bits per heavy atom. The number of nitrogens with zero attached hydrogens (tertiary/aromatic N) is 4. The minimum absolute atomic E-state index is 0.190. The maximum atomic E-state index is 14.5. The number of hydrogen-bond acceptors (Lipinski definition) is 6. The molecule has 0 saturated carbocycles. The minimum atomic E-state index is -0.271. The number of hydrogen-bond donors (Lipinski definition) is 2. The van der Waals surface area contributed by atoms with Crippen molar-refractivity contribution in [3.05, 3.63) is 71.2 Å².